The van der Waals surface area contributed by atoms with Crippen LogP contribution in [0.15, 0.2) is 42.5 Å². The number of rotatable bonds is 2. The molecule has 0 spiro atoms. The summed E-state index contributed by atoms with van der Waals surface area (Å²) >= 11 is 0. The lowest BCUT2D eigenvalue weighted by Gasteiger charge is -2.18. The molecule has 0 aliphatic heterocycles. The molecule has 0 nitrogen and oxygen atoms in total. The molecule has 0 saturated carbocycles. The predicted molar refractivity (Wildman–Crippen MR) is 76.0 cm³/mol. The summed E-state index contributed by atoms with van der Waals surface area (Å²) in [6.45, 7) is 6.86. The van der Waals surface area contributed by atoms with E-state index in [9.17, 15) is 0 Å². The first-order valence-electron chi connectivity index (χ1n) is 6.51. The molecule has 0 fully saturated rings. The van der Waals surface area contributed by atoms with Crippen LogP contribution >= 0.6 is 0 Å². The van der Waals surface area contributed by atoms with Crippen LogP contribution in [0, 0.1) is 5.41 Å². The molecule has 1 aromatic rings. The van der Waals surface area contributed by atoms with E-state index in [1.54, 1.807) is 0 Å². The van der Waals surface area contributed by atoms with E-state index in [-0.39, 0.29) is 0 Å². The first kappa shape index (κ1) is 12.2. The van der Waals surface area contributed by atoms with Crippen molar-refractivity contribution in [3.63, 3.8) is 0 Å². The van der Waals surface area contributed by atoms with Gasteiger partial charge in [0.2, 0.25) is 0 Å². The molecule has 0 atom stereocenters. The molecule has 1 aromatic carbocycles. The molecule has 2 rings (SSSR count). The van der Waals surface area contributed by atoms with Crippen molar-refractivity contribution in [1.82, 2.24) is 0 Å². The highest BCUT2D eigenvalue weighted by Gasteiger charge is 2.11. The predicted octanol–water partition coefficient (Wildman–Crippen LogP) is 5.01. The molecule has 0 N–H and O–H groups in total. The number of hydrogen-bond donors (Lipinski definition) is 0. The van der Waals surface area contributed by atoms with E-state index in [2.05, 4.69) is 63.3 Å². The van der Waals surface area contributed by atoms with Crippen LogP contribution in [0.1, 0.15) is 44.7 Å². The van der Waals surface area contributed by atoms with Crippen molar-refractivity contribution < 1.29 is 0 Å². The average Bonchev–Trinajstić information content (AvgIpc) is 2.29. The molecule has 0 amide bonds. The van der Waals surface area contributed by atoms with Crippen molar-refractivity contribution in [3.05, 3.63) is 53.6 Å². The Morgan fingerprint density at radius 1 is 1.00 bits per heavy atom. The number of hydrogen-bond acceptors (Lipinski definition) is 0. The van der Waals surface area contributed by atoms with Crippen LogP contribution in [0.2, 0.25) is 0 Å². The van der Waals surface area contributed by atoms with Gasteiger partial charge < -0.3 is 0 Å². The van der Waals surface area contributed by atoms with E-state index < -0.39 is 0 Å². The van der Waals surface area contributed by atoms with Crippen molar-refractivity contribution >= 4 is 5.57 Å². The van der Waals surface area contributed by atoms with E-state index in [1.807, 2.05) is 0 Å². The monoisotopic (exact) mass is 226 g/mol. The average molecular weight is 226 g/mol. The third kappa shape index (κ3) is 3.59. The Kier molecular flexibility index (Phi) is 3.51. The molecule has 1 aliphatic rings. The quantitative estimate of drug-likeness (QED) is 0.665. The zero-order valence-corrected chi connectivity index (χ0v) is 11.2. The van der Waals surface area contributed by atoms with Crippen molar-refractivity contribution in [2.45, 2.75) is 40.0 Å². The lowest BCUT2D eigenvalue weighted by molar-refractivity contribution is 0.411. The van der Waals surface area contributed by atoms with E-state index in [0.29, 0.717) is 5.41 Å². The van der Waals surface area contributed by atoms with Gasteiger partial charge in [0, 0.05) is 0 Å². The third-order valence-electron chi connectivity index (χ3n) is 3.02. The fourth-order valence-corrected chi connectivity index (χ4v) is 2.25. The van der Waals surface area contributed by atoms with Gasteiger partial charge in [-0.15, -0.1) is 0 Å². The van der Waals surface area contributed by atoms with E-state index in [0.717, 1.165) is 6.42 Å². The molecule has 17 heavy (non-hydrogen) atoms. The highest BCUT2D eigenvalue weighted by atomic mass is 14.2. The molecule has 0 aromatic heterocycles. The molecule has 0 unspecified atom stereocenters. The van der Waals surface area contributed by atoms with E-state index in [1.165, 1.54) is 29.5 Å². The lowest BCUT2D eigenvalue weighted by atomic mass is 9.87. The van der Waals surface area contributed by atoms with Gasteiger partial charge in [0.25, 0.3) is 0 Å². The molecule has 0 bridgehead atoms. The standard InChI is InChI=1S/C17H22/c1-17(2,3)13-14-9-11-16(12-10-14)15-7-5-4-6-8-15/h5,7-12H,4,6,13H2,1-3H3. The second-order valence-electron chi connectivity index (χ2n) is 6.07. The summed E-state index contributed by atoms with van der Waals surface area (Å²) in [6, 6.07) is 9.04. The second kappa shape index (κ2) is 4.91. The van der Waals surface area contributed by atoms with Crippen LogP contribution in [0.3, 0.4) is 0 Å². The molecule has 1 aliphatic carbocycles. The molecule has 0 heteroatoms. The van der Waals surface area contributed by atoms with Crippen LogP contribution in [0.4, 0.5) is 0 Å². The van der Waals surface area contributed by atoms with Crippen LogP contribution in [-0.4, -0.2) is 0 Å². The first-order chi connectivity index (χ1) is 8.04. The SMILES string of the molecule is CC(C)(C)Cc1ccc(C2=CCCC=C2)cc1. The summed E-state index contributed by atoms with van der Waals surface area (Å²) in [5, 5.41) is 0. The van der Waals surface area contributed by atoms with Crippen LogP contribution in [-0.2, 0) is 6.42 Å². The zero-order chi connectivity index (χ0) is 12.3. The van der Waals surface area contributed by atoms with Gasteiger partial charge in [-0.25, -0.2) is 0 Å². The Balaban J connectivity index is 2.13. The minimum atomic E-state index is 0.367. The molecule has 0 radical (unpaired) electrons. The Bertz CT molecular complexity index is 424. The van der Waals surface area contributed by atoms with Gasteiger partial charge in [-0.3, -0.25) is 0 Å². The van der Waals surface area contributed by atoms with Gasteiger partial charge in [-0.2, -0.15) is 0 Å². The van der Waals surface area contributed by atoms with Crippen LogP contribution in [0.25, 0.3) is 5.57 Å². The smallest absolute Gasteiger partial charge is 0.0187 e. The van der Waals surface area contributed by atoms with Crippen molar-refractivity contribution in [2.24, 2.45) is 5.41 Å². The summed E-state index contributed by atoms with van der Waals surface area (Å²) in [7, 11) is 0. The Hall–Kier alpha value is -1.30. The van der Waals surface area contributed by atoms with E-state index in [4.69, 9.17) is 0 Å². The normalized spacial score (nSPS) is 15.8. The van der Waals surface area contributed by atoms with Gasteiger partial charge in [-0.05, 0) is 41.4 Å². The highest BCUT2D eigenvalue weighted by Crippen LogP contribution is 2.24. The molecular formula is C17H22. The van der Waals surface area contributed by atoms with Gasteiger partial charge in [-0.1, -0.05) is 63.3 Å². The summed E-state index contributed by atoms with van der Waals surface area (Å²) in [5.74, 6) is 0. The van der Waals surface area contributed by atoms with Crippen LogP contribution < -0.4 is 0 Å². The van der Waals surface area contributed by atoms with Gasteiger partial charge in [0.1, 0.15) is 0 Å². The zero-order valence-electron chi connectivity index (χ0n) is 11.2. The Labute approximate surface area is 105 Å². The fourth-order valence-electron chi connectivity index (χ4n) is 2.25. The lowest BCUT2D eigenvalue weighted by Crippen LogP contribution is -2.08. The number of benzene rings is 1. The summed E-state index contributed by atoms with van der Waals surface area (Å²) in [5.41, 5.74) is 4.52. The minimum Gasteiger partial charge on any atom is -0.0836 e. The van der Waals surface area contributed by atoms with Crippen molar-refractivity contribution in [1.29, 1.82) is 0 Å². The van der Waals surface area contributed by atoms with Gasteiger partial charge in [0.05, 0.1) is 0 Å². The second-order valence-corrected chi connectivity index (χ2v) is 6.07. The minimum absolute atomic E-state index is 0.367. The maximum atomic E-state index is 2.33. The fraction of sp³-hybridized carbons (Fsp3) is 0.412. The number of allylic oxidation sites excluding steroid dienone is 4. The Morgan fingerprint density at radius 3 is 2.24 bits per heavy atom. The summed E-state index contributed by atoms with van der Waals surface area (Å²) in [4.78, 5) is 0. The first-order valence-corrected chi connectivity index (χ1v) is 6.51. The summed E-state index contributed by atoms with van der Waals surface area (Å²) in [6.07, 6.45) is 10.3. The van der Waals surface area contributed by atoms with Crippen molar-refractivity contribution in [3.8, 4) is 0 Å². The largest absolute Gasteiger partial charge is 0.0836 e. The van der Waals surface area contributed by atoms with Gasteiger partial charge in [0.15, 0.2) is 0 Å². The highest BCUT2D eigenvalue weighted by molar-refractivity contribution is 5.74. The third-order valence-corrected chi connectivity index (χ3v) is 3.02. The Morgan fingerprint density at radius 2 is 1.71 bits per heavy atom. The maximum absolute atomic E-state index is 2.33. The molecule has 0 saturated heterocycles. The van der Waals surface area contributed by atoms with Crippen LogP contribution in [0.5, 0.6) is 0 Å². The van der Waals surface area contributed by atoms with Crippen molar-refractivity contribution in [2.75, 3.05) is 0 Å². The van der Waals surface area contributed by atoms with Gasteiger partial charge >= 0.3 is 0 Å². The van der Waals surface area contributed by atoms with E-state index >= 15 is 0 Å². The molecule has 0 heterocycles. The maximum Gasteiger partial charge on any atom is -0.0187 e. The summed E-state index contributed by atoms with van der Waals surface area (Å²) < 4.78 is 0. The molecule has 90 valence electrons. The topological polar surface area (TPSA) is 0 Å². The molecular weight excluding hydrogens is 204 g/mol.